The molecule has 152 valence electrons. The Morgan fingerprint density at radius 2 is 1.77 bits per heavy atom. The molecule has 1 N–H and O–H groups in total. The SMILES string of the molecule is C=CC(=C\C=C(/C)OCC)/C(C#N)=C(\C#N)c1ccc(C(/C=C\C)=C/C=C/O)cc1. The Labute approximate surface area is 179 Å². The van der Waals surface area contributed by atoms with Crippen LogP contribution < -0.4 is 0 Å². The molecule has 0 bridgehead atoms. The number of rotatable bonds is 9. The van der Waals surface area contributed by atoms with E-state index in [1.54, 1.807) is 36.4 Å². The highest BCUT2D eigenvalue weighted by Gasteiger charge is 2.12. The lowest BCUT2D eigenvalue weighted by Gasteiger charge is -2.08. The Balaban J connectivity index is 3.47. The van der Waals surface area contributed by atoms with E-state index in [1.807, 2.05) is 45.1 Å². The molecule has 0 fully saturated rings. The second-order valence-electron chi connectivity index (χ2n) is 6.05. The molecule has 0 aliphatic carbocycles. The predicted molar refractivity (Wildman–Crippen MR) is 123 cm³/mol. The molecule has 0 aliphatic rings. The standard InChI is InChI=1S/C26H26N2O2/c1-5-9-22(10-8-17-29)23-13-15-24(16-14-23)26(19-28)25(18-27)21(6-2)12-11-20(4)30-7-3/h5-6,8-17,29H,2,7H2,1,3-4H3/b9-5-,17-8+,20-11+,21-12+,22-10+,26-25+. The van der Waals surface area contributed by atoms with E-state index in [0.29, 0.717) is 23.5 Å². The van der Waals surface area contributed by atoms with Crippen LogP contribution in [0.1, 0.15) is 31.9 Å². The van der Waals surface area contributed by atoms with Gasteiger partial charge < -0.3 is 9.84 Å². The van der Waals surface area contributed by atoms with Gasteiger partial charge in [-0.1, -0.05) is 61.2 Å². The molecule has 0 unspecified atom stereocenters. The molecule has 0 aliphatic heterocycles. The molecule has 0 atom stereocenters. The largest absolute Gasteiger partial charge is 0.516 e. The van der Waals surface area contributed by atoms with Crippen LogP contribution in [0.2, 0.25) is 0 Å². The van der Waals surface area contributed by atoms with Gasteiger partial charge in [-0.25, -0.2) is 0 Å². The minimum atomic E-state index is 0.244. The Bertz CT molecular complexity index is 1000. The third-order valence-electron chi connectivity index (χ3n) is 4.07. The number of hydrogen-bond donors (Lipinski definition) is 1. The molecule has 30 heavy (non-hydrogen) atoms. The number of benzene rings is 1. The fraction of sp³-hybridized carbons (Fsp3) is 0.154. The summed E-state index contributed by atoms with van der Waals surface area (Å²) in [5.74, 6) is 0.706. The van der Waals surface area contributed by atoms with E-state index in [0.717, 1.165) is 17.4 Å². The molecule has 0 heterocycles. The molecular weight excluding hydrogens is 372 g/mol. The highest BCUT2D eigenvalue weighted by Crippen LogP contribution is 2.26. The lowest BCUT2D eigenvalue weighted by molar-refractivity contribution is 0.231. The topological polar surface area (TPSA) is 77.0 Å². The summed E-state index contributed by atoms with van der Waals surface area (Å²) in [5.41, 5.74) is 3.51. The van der Waals surface area contributed by atoms with Crippen molar-refractivity contribution in [3.05, 3.63) is 108 Å². The highest BCUT2D eigenvalue weighted by molar-refractivity contribution is 5.86. The zero-order chi connectivity index (χ0) is 22.4. The van der Waals surface area contributed by atoms with E-state index in [4.69, 9.17) is 9.84 Å². The first-order valence-corrected chi connectivity index (χ1v) is 9.49. The van der Waals surface area contributed by atoms with Crippen LogP contribution in [0.5, 0.6) is 0 Å². The second kappa shape index (κ2) is 13.2. The number of nitriles is 2. The number of aliphatic hydroxyl groups excluding tert-OH is 1. The van der Waals surface area contributed by atoms with Gasteiger partial charge in [0, 0.05) is 0 Å². The predicted octanol–water partition coefficient (Wildman–Crippen LogP) is 6.57. The number of ether oxygens (including phenoxy) is 1. The molecule has 0 saturated heterocycles. The van der Waals surface area contributed by atoms with Crippen molar-refractivity contribution in [3.63, 3.8) is 0 Å². The van der Waals surface area contributed by atoms with Gasteiger partial charge in [0.1, 0.15) is 12.1 Å². The van der Waals surface area contributed by atoms with Crippen LogP contribution in [0, 0.1) is 22.7 Å². The summed E-state index contributed by atoms with van der Waals surface area (Å²) in [6.45, 7) is 9.95. The molecular formula is C26H26N2O2. The zero-order valence-corrected chi connectivity index (χ0v) is 17.6. The summed E-state index contributed by atoms with van der Waals surface area (Å²) in [4.78, 5) is 0. The van der Waals surface area contributed by atoms with Crippen molar-refractivity contribution in [1.29, 1.82) is 10.5 Å². The van der Waals surface area contributed by atoms with Gasteiger partial charge in [-0.05, 0) is 55.2 Å². The van der Waals surface area contributed by atoms with Gasteiger partial charge in [-0.15, -0.1) is 0 Å². The van der Waals surface area contributed by atoms with E-state index >= 15 is 0 Å². The van der Waals surface area contributed by atoms with Crippen molar-refractivity contribution < 1.29 is 9.84 Å². The summed E-state index contributed by atoms with van der Waals surface area (Å²) in [6.07, 6.45) is 13.1. The highest BCUT2D eigenvalue weighted by atomic mass is 16.5. The second-order valence-corrected chi connectivity index (χ2v) is 6.05. The molecule has 4 heteroatoms. The maximum Gasteiger partial charge on any atom is 0.101 e. The van der Waals surface area contributed by atoms with Gasteiger partial charge in [-0.3, -0.25) is 0 Å². The third kappa shape index (κ3) is 6.86. The van der Waals surface area contributed by atoms with Gasteiger partial charge in [0.05, 0.1) is 29.8 Å². The first-order chi connectivity index (χ1) is 14.6. The fourth-order valence-electron chi connectivity index (χ4n) is 2.67. The van der Waals surface area contributed by atoms with E-state index in [2.05, 4.69) is 18.7 Å². The Morgan fingerprint density at radius 3 is 2.27 bits per heavy atom. The van der Waals surface area contributed by atoms with Crippen molar-refractivity contribution >= 4 is 11.1 Å². The molecule has 0 saturated carbocycles. The molecule has 4 nitrogen and oxygen atoms in total. The van der Waals surface area contributed by atoms with Crippen molar-refractivity contribution in [1.82, 2.24) is 0 Å². The number of nitrogens with zero attached hydrogens (tertiary/aromatic N) is 2. The summed E-state index contributed by atoms with van der Waals surface area (Å²) in [5, 5.41) is 28.4. The molecule has 0 radical (unpaired) electrons. The van der Waals surface area contributed by atoms with Crippen molar-refractivity contribution in [2.45, 2.75) is 20.8 Å². The lowest BCUT2D eigenvalue weighted by Crippen LogP contribution is -1.93. The first-order valence-electron chi connectivity index (χ1n) is 9.49. The normalized spacial score (nSPS) is 13.7. The monoisotopic (exact) mass is 398 g/mol. The molecule has 0 amide bonds. The van der Waals surface area contributed by atoms with Crippen LogP contribution in [-0.4, -0.2) is 11.7 Å². The first kappa shape index (κ1) is 24.0. The lowest BCUT2D eigenvalue weighted by atomic mass is 9.94. The fourth-order valence-corrected chi connectivity index (χ4v) is 2.67. The van der Waals surface area contributed by atoms with Gasteiger partial charge in [0.25, 0.3) is 0 Å². The summed E-state index contributed by atoms with van der Waals surface area (Å²) < 4.78 is 5.39. The van der Waals surface area contributed by atoms with Gasteiger partial charge in [0.15, 0.2) is 0 Å². The van der Waals surface area contributed by atoms with E-state index in [9.17, 15) is 10.5 Å². The minimum absolute atomic E-state index is 0.244. The summed E-state index contributed by atoms with van der Waals surface area (Å²) >= 11 is 0. The molecule has 1 aromatic carbocycles. The number of hydrogen-bond acceptors (Lipinski definition) is 4. The summed E-state index contributed by atoms with van der Waals surface area (Å²) in [6, 6.07) is 11.6. The summed E-state index contributed by atoms with van der Waals surface area (Å²) in [7, 11) is 0. The number of allylic oxidation sites excluding steroid dienone is 12. The van der Waals surface area contributed by atoms with Crippen LogP contribution in [0.25, 0.3) is 11.1 Å². The van der Waals surface area contributed by atoms with Crippen LogP contribution in [0.4, 0.5) is 0 Å². The van der Waals surface area contributed by atoms with Crippen LogP contribution in [-0.2, 0) is 4.74 Å². The third-order valence-corrected chi connectivity index (χ3v) is 4.07. The van der Waals surface area contributed by atoms with Crippen LogP contribution >= 0.6 is 0 Å². The van der Waals surface area contributed by atoms with E-state index in [-0.39, 0.29) is 11.1 Å². The number of aliphatic hydroxyl groups is 1. The van der Waals surface area contributed by atoms with Crippen molar-refractivity contribution in [2.75, 3.05) is 6.61 Å². The molecule has 1 rings (SSSR count). The Morgan fingerprint density at radius 1 is 1.10 bits per heavy atom. The van der Waals surface area contributed by atoms with E-state index < -0.39 is 0 Å². The average Bonchev–Trinajstić information content (AvgIpc) is 2.76. The average molecular weight is 399 g/mol. The maximum absolute atomic E-state index is 9.75. The van der Waals surface area contributed by atoms with Gasteiger partial charge in [0.2, 0.25) is 0 Å². The molecule has 0 spiro atoms. The molecule has 1 aromatic rings. The van der Waals surface area contributed by atoms with Crippen molar-refractivity contribution in [3.8, 4) is 12.1 Å². The molecule has 0 aromatic heterocycles. The van der Waals surface area contributed by atoms with Gasteiger partial charge in [-0.2, -0.15) is 10.5 Å². The Kier molecular flexibility index (Phi) is 10.6. The van der Waals surface area contributed by atoms with Gasteiger partial charge >= 0.3 is 0 Å². The van der Waals surface area contributed by atoms with E-state index in [1.165, 1.54) is 6.08 Å². The minimum Gasteiger partial charge on any atom is -0.516 e. The smallest absolute Gasteiger partial charge is 0.101 e. The van der Waals surface area contributed by atoms with Crippen LogP contribution in [0.3, 0.4) is 0 Å². The quantitative estimate of drug-likeness (QED) is 0.290. The van der Waals surface area contributed by atoms with Crippen LogP contribution in [0.15, 0.2) is 96.5 Å². The Hall–Kier alpha value is -4.02. The maximum atomic E-state index is 9.75. The zero-order valence-electron chi connectivity index (χ0n) is 17.6. The van der Waals surface area contributed by atoms with Crippen molar-refractivity contribution in [2.24, 2.45) is 0 Å².